The van der Waals surface area contributed by atoms with Crippen molar-refractivity contribution in [2.75, 3.05) is 43.6 Å². The number of rotatable bonds is 8. The lowest BCUT2D eigenvalue weighted by atomic mass is 10.1. The van der Waals surface area contributed by atoms with Crippen molar-refractivity contribution in [3.05, 3.63) is 80.2 Å². The second-order valence-electron chi connectivity index (χ2n) is 7.58. The molecule has 174 valence electrons. The molecule has 8 heteroatoms. The molecule has 1 N–H and O–H groups in total. The molecule has 1 fully saturated rings. The van der Waals surface area contributed by atoms with E-state index in [-0.39, 0.29) is 0 Å². The van der Waals surface area contributed by atoms with Crippen LogP contribution >= 0.6 is 39.1 Å². The molecule has 0 aromatic heterocycles. The summed E-state index contributed by atoms with van der Waals surface area (Å²) in [6.45, 7) is 4.23. The van der Waals surface area contributed by atoms with Gasteiger partial charge >= 0.3 is 0 Å². The number of nitrogens with one attached hydrogen (secondary N) is 1. The van der Waals surface area contributed by atoms with E-state index in [1.807, 2.05) is 18.2 Å². The number of hydrogen-bond acceptors (Lipinski definition) is 5. The molecule has 3 aromatic rings. The van der Waals surface area contributed by atoms with Gasteiger partial charge in [0.05, 0.1) is 20.3 Å². The summed E-state index contributed by atoms with van der Waals surface area (Å²) < 4.78 is 18.1. The van der Waals surface area contributed by atoms with Crippen LogP contribution in [0.25, 0.3) is 0 Å². The Labute approximate surface area is 212 Å². The Kier molecular flexibility index (Phi) is 8.25. The fourth-order valence-electron chi connectivity index (χ4n) is 3.66. The van der Waals surface area contributed by atoms with Gasteiger partial charge in [0.2, 0.25) is 0 Å². The fraction of sp³-hybridized carbons (Fsp3) is 0.280. The van der Waals surface area contributed by atoms with Crippen LogP contribution in [0, 0.1) is 0 Å². The van der Waals surface area contributed by atoms with Crippen molar-refractivity contribution in [2.24, 2.45) is 0 Å². The lowest BCUT2D eigenvalue weighted by Gasteiger charge is -2.29. The van der Waals surface area contributed by atoms with Crippen LogP contribution in [-0.4, -0.2) is 33.4 Å². The van der Waals surface area contributed by atoms with Crippen molar-refractivity contribution in [1.29, 1.82) is 0 Å². The quantitative estimate of drug-likeness (QED) is 0.334. The topological polar surface area (TPSA) is 43.0 Å². The maximum Gasteiger partial charge on any atom is 0.167 e. The van der Waals surface area contributed by atoms with E-state index in [1.54, 1.807) is 19.2 Å². The normalized spacial score (nSPS) is 13.6. The van der Waals surface area contributed by atoms with Crippen LogP contribution in [0.3, 0.4) is 0 Å². The average molecular weight is 552 g/mol. The maximum atomic E-state index is 6.32. The molecule has 0 aliphatic carbocycles. The summed E-state index contributed by atoms with van der Waals surface area (Å²) in [6, 6.07) is 17.7. The zero-order valence-electron chi connectivity index (χ0n) is 18.2. The van der Waals surface area contributed by atoms with E-state index < -0.39 is 0 Å². The number of anilines is 2. The molecule has 0 radical (unpaired) electrons. The SMILES string of the molecule is COc1ccc(Br)c(CNc2ccc(N3CCOCC3)cc2)c1OCc1ccc(Cl)cc1Cl. The molecular weight excluding hydrogens is 527 g/mol. The van der Waals surface area contributed by atoms with Crippen LogP contribution < -0.4 is 19.7 Å². The molecule has 33 heavy (non-hydrogen) atoms. The predicted octanol–water partition coefficient (Wildman–Crippen LogP) is 6.79. The summed E-state index contributed by atoms with van der Waals surface area (Å²) in [6.07, 6.45) is 0. The van der Waals surface area contributed by atoms with Gasteiger partial charge in [0.1, 0.15) is 6.61 Å². The van der Waals surface area contributed by atoms with Crippen LogP contribution in [-0.2, 0) is 17.9 Å². The average Bonchev–Trinajstić information content (AvgIpc) is 2.84. The molecule has 0 atom stereocenters. The molecule has 0 unspecified atom stereocenters. The Balaban J connectivity index is 1.48. The van der Waals surface area contributed by atoms with E-state index in [2.05, 4.69) is 50.4 Å². The van der Waals surface area contributed by atoms with Gasteiger partial charge in [0.25, 0.3) is 0 Å². The van der Waals surface area contributed by atoms with Crippen molar-refractivity contribution >= 4 is 50.5 Å². The summed E-state index contributed by atoms with van der Waals surface area (Å²) in [5.74, 6) is 1.32. The van der Waals surface area contributed by atoms with Crippen molar-refractivity contribution in [2.45, 2.75) is 13.2 Å². The first-order valence-electron chi connectivity index (χ1n) is 10.6. The molecule has 1 aliphatic heterocycles. The highest BCUT2D eigenvalue weighted by Gasteiger charge is 2.16. The number of halogens is 3. The Bertz CT molecular complexity index is 1090. The van der Waals surface area contributed by atoms with Gasteiger partial charge in [-0.05, 0) is 48.5 Å². The van der Waals surface area contributed by atoms with E-state index in [1.165, 1.54) is 5.69 Å². The smallest absolute Gasteiger partial charge is 0.167 e. The molecule has 0 amide bonds. The highest BCUT2D eigenvalue weighted by atomic mass is 79.9. The molecule has 1 aliphatic rings. The Morgan fingerprint density at radius 1 is 1.03 bits per heavy atom. The van der Waals surface area contributed by atoms with E-state index in [0.29, 0.717) is 34.7 Å². The standard InChI is InChI=1S/C25H25BrCl2N2O3/c1-31-24-9-8-22(26)21(25(24)33-16-17-2-3-18(27)14-23(17)28)15-29-19-4-6-20(7-5-19)30-10-12-32-13-11-30/h2-9,14,29H,10-13,15-16H2,1H3. The largest absolute Gasteiger partial charge is 0.493 e. The first kappa shape index (κ1) is 24.0. The second-order valence-corrected chi connectivity index (χ2v) is 9.28. The van der Waals surface area contributed by atoms with Gasteiger partial charge in [-0.25, -0.2) is 0 Å². The van der Waals surface area contributed by atoms with Crippen LogP contribution in [0.5, 0.6) is 11.5 Å². The van der Waals surface area contributed by atoms with Crippen LogP contribution in [0.15, 0.2) is 59.1 Å². The summed E-state index contributed by atoms with van der Waals surface area (Å²) >= 11 is 16.0. The lowest BCUT2D eigenvalue weighted by Crippen LogP contribution is -2.36. The van der Waals surface area contributed by atoms with Crippen molar-refractivity contribution in [3.63, 3.8) is 0 Å². The fourth-order valence-corrected chi connectivity index (χ4v) is 4.57. The molecule has 0 saturated carbocycles. The number of methoxy groups -OCH3 is 1. The highest BCUT2D eigenvalue weighted by Crippen LogP contribution is 2.38. The minimum absolute atomic E-state index is 0.296. The Morgan fingerprint density at radius 3 is 2.48 bits per heavy atom. The van der Waals surface area contributed by atoms with E-state index in [4.69, 9.17) is 37.4 Å². The summed E-state index contributed by atoms with van der Waals surface area (Å²) in [5, 5.41) is 4.65. The molecule has 0 spiro atoms. The summed E-state index contributed by atoms with van der Waals surface area (Å²) in [7, 11) is 1.63. The predicted molar refractivity (Wildman–Crippen MR) is 138 cm³/mol. The third-order valence-electron chi connectivity index (χ3n) is 5.49. The number of morpholine rings is 1. The van der Waals surface area contributed by atoms with E-state index in [0.717, 1.165) is 47.6 Å². The second kappa shape index (κ2) is 11.3. The molecular formula is C25H25BrCl2N2O3. The van der Waals surface area contributed by atoms with Gasteiger partial charge < -0.3 is 24.4 Å². The third kappa shape index (κ3) is 6.07. The monoisotopic (exact) mass is 550 g/mol. The summed E-state index contributed by atoms with van der Waals surface area (Å²) in [4.78, 5) is 2.33. The van der Waals surface area contributed by atoms with Gasteiger partial charge in [-0.1, -0.05) is 45.2 Å². The number of hydrogen-bond donors (Lipinski definition) is 1. The first-order chi connectivity index (χ1) is 16.0. The maximum absolute atomic E-state index is 6.32. The number of benzene rings is 3. The van der Waals surface area contributed by atoms with Gasteiger partial charge in [-0.15, -0.1) is 0 Å². The number of ether oxygens (including phenoxy) is 3. The Morgan fingerprint density at radius 2 is 1.79 bits per heavy atom. The highest BCUT2D eigenvalue weighted by molar-refractivity contribution is 9.10. The van der Waals surface area contributed by atoms with Crippen molar-refractivity contribution < 1.29 is 14.2 Å². The minimum atomic E-state index is 0.296. The summed E-state index contributed by atoms with van der Waals surface area (Å²) in [5.41, 5.74) is 4.03. The molecule has 0 bridgehead atoms. The van der Waals surface area contributed by atoms with Crippen molar-refractivity contribution in [1.82, 2.24) is 0 Å². The van der Waals surface area contributed by atoms with Gasteiger partial charge in [-0.2, -0.15) is 0 Å². The van der Waals surface area contributed by atoms with E-state index >= 15 is 0 Å². The molecule has 5 nitrogen and oxygen atoms in total. The molecule has 3 aromatic carbocycles. The Hall–Kier alpha value is -2.12. The zero-order chi connectivity index (χ0) is 23.2. The zero-order valence-corrected chi connectivity index (χ0v) is 21.3. The van der Waals surface area contributed by atoms with Gasteiger partial charge in [0.15, 0.2) is 11.5 Å². The van der Waals surface area contributed by atoms with Crippen LogP contribution in [0.4, 0.5) is 11.4 Å². The molecule has 1 heterocycles. The molecule has 1 saturated heterocycles. The first-order valence-corrected chi connectivity index (χ1v) is 12.2. The van der Waals surface area contributed by atoms with Crippen LogP contribution in [0.2, 0.25) is 10.0 Å². The number of nitrogens with zero attached hydrogens (tertiary/aromatic N) is 1. The van der Waals surface area contributed by atoms with Gasteiger partial charge in [-0.3, -0.25) is 0 Å². The van der Waals surface area contributed by atoms with Crippen molar-refractivity contribution in [3.8, 4) is 11.5 Å². The molecule has 4 rings (SSSR count). The minimum Gasteiger partial charge on any atom is -0.493 e. The van der Waals surface area contributed by atoms with Crippen LogP contribution in [0.1, 0.15) is 11.1 Å². The van der Waals surface area contributed by atoms with E-state index in [9.17, 15) is 0 Å². The van der Waals surface area contributed by atoms with Gasteiger partial charge in [0, 0.05) is 56.7 Å². The third-order valence-corrected chi connectivity index (χ3v) is 6.82. The lowest BCUT2D eigenvalue weighted by molar-refractivity contribution is 0.122.